The maximum absolute atomic E-state index is 6.58. The highest BCUT2D eigenvalue weighted by atomic mass is 35.5. The fourth-order valence-corrected chi connectivity index (χ4v) is 3.28. The zero-order valence-corrected chi connectivity index (χ0v) is 15.0. The van der Waals surface area contributed by atoms with Crippen LogP contribution in [-0.4, -0.2) is 0 Å². The van der Waals surface area contributed by atoms with E-state index in [4.69, 9.17) is 11.6 Å². The van der Waals surface area contributed by atoms with Gasteiger partial charge in [-0.1, -0.05) is 88.5 Å². The Bertz CT molecular complexity index is 383. The van der Waals surface area contributed by atoms with Gasteiger partial charge < -0.3 is 0 Å². The van der Waals surface area contributed by atoms with Crippen molar-refractivity contribution in [1.29, 1.82) is 0 Å². The van der Waals surface area contributed by atoms with Crippen LogP contribution in [0.2, 0.25) is 0 Å². The lowest BCUT2D eigenvalue weighted by atomic mass is 9.98. The van der Waals surface area contributed by atoms with Crippen LogP contribution < -0.4 is 0 Å². The molecule has 0 spiro atoms. The van der Waals surface area contributed by atoms with Gasteiger partial charge >= 0.3 is 0 Å². The Labute approximate surface area is 137 Å². The van der Waals surface area contributed by atoms with Crippen molar-refractivity contribution in [2.75, 3.05) is 0 Å². The van der Waals surface area contributed by atoms with E-state index in [0.29, 0.717) is 0 Å². The average Bonchev–Trinajstić information content (AvgIpc) is 2.48. The SMILES string of the molecule is CCCCCCCCCCCC(Cl)c1cc(C)ccc1C. The zero-order valence-electron chi connectivity index (χ0n) is 14.3. The largest absolute Gasteiger partial charge is 0.118 e. The predicted molar refractivity (Wildman–Crippen MR) is 96.4 cm³/mol. The number of aryl methyl sites for hydroxylation is 2. The van der Waals surface area contributed by atoms with Crippen LogP contribution in [0.5, 0.6) is 0 Å². The summed E-state index contributed by atoms with van der Waals surface area (Å²) < 4.78 is 0. The standard InChI is InChI=1S/C20H33Cl/c1-4-5-6-7-8-9-10-11-12-13-20(21)19-16-17(2)14-15-18(19)3/h14-16,20H,4-13H2,1-3H3. The van der Waals surface area contributed by atoms with E-state index in [-0.39, 0.29) is 5.38 Å². The molecule has 0 amide bonds. The molecule has 0 radical (unpaired) electrons. The van der Waals surface area contributed by atoms with Gasteiger partial charge in [-0.2, -0.15) is 0 Å². The van der Waals surface area contributed by atoms with Gasteiger partial charge in [0.15, 0.2) is 0 Å². The fourth-order valence-electron chi connectivity index (χ4n) is 2.89. The topological polar surface area (TPSA) is 0 Å². The Morgan fingerprint density at radius 1 is 0.857 bits per heavy atom. The summed E-state index contributed by atoms with van der Waals surface area (Å²) in [7, 11) is 0. The number of benzene rings is 1. The summed E-state index contributed by atoms with van der Waals surface area (Å²) >= 11 is 6.58. The van der Waals surface area contributed by atoms with Gasteiger partial charge in [-0.3, -0.25) is 0 Å². The van der Waals surface area contributed by atoms with Gasteiger partial charge in [0.25, 0.3) is 0 Å². The van der Waals surface area contributed by atoms with Crippen molar-refractivity contribution in [1.82, 2.24) is 0 Å². The number of unbranched alkanes of at least 4 members (excludes halogenated alkanes) is 8. The minimum absolute atomic E-state index is 0.189. The van der Waals surface area contributed by atoms with Gasteiger partial charge in [0.05, 0.1) is 5.38 Å². The van der Waals surface area contributed by atoms with E-state index in [1.165, 1.54) is 74.5 Å². The fraction of sp³-hybridized carbons (Fsp3) is 0.700. The van der Waals surface area contributed by atoms with E-state index in [0.717, 1.165) is 6.42 Å². The monoisotopic (exact) mass is 308 g/mol. The number of halogens is 1. The molecule has 21 heavy (non-hydrogen) atoms. The summed E-state index contributed by atoms with van der Waals surface area (Å²) in [4.78, 5) is 0. The lowest BCUT2D eigenvalue weighted by molar-refractivity contribution is 0.554. The smallest absolute Gasteiger partial charge is 0.0587 e. The molecule has 0 bridgehead atoms. The second kappa shape index (κ2) is 11.1. The third kappa shape index (κ3) is 7.90. The lowest BCUT2D eigenvalue weighted by Crippen LogP contribution is -1.95. The van der Waals surface area contributed by atoms with Crippen molar-refractivity contribution in [3.63, 3.8) is 0 Å². The van der Waals surface area contributed by atoms with Crippen LogP contribution in [0, 0.1) is 13.8 Å². The number of alkyl halides is 1. The van der Waals surface area contributed by atoms with Crippen molar-refractivity contribution in [2.24, 2.45) is 0 Å². The summed E-state index contributed by atoms with van der Waals surface area (Å²) in [5.74, 6) is 0. The maximum atomic E-state index is 6.58. The average molecular weight is 309 g/mol. The summed E-state index contributed by atoms with van der Waals surface area (Å²) in [5, 5.41) is 0.189. The van der Waals surface area contributed by atoms with Gasteiger partial charge in [0.2, 0.25) is 0 Å². The molecule has 0 nitrogen and oxygen atoms in total. The molecular formula is C20H33Cl. The molecule has 1 unspecified atom stereocenters. The van der Waals surface area contributed by atoms with Crippen LogP contribution in [0.4, 0.5) is 0 Å². The first-order valence-corrected chi connectivity index (χ1v) is 9.30. The third-order valence-electron chi connectivity index (χ3n) is 4.33. The molecule has 0 N–H and O–H groups in total. The molecule has 1 aromatic rings. The first-order valence-electron chi connectivity index (χ1n) is 8.86. The lowest BCUT2D eigenvalue weighted by Gasteiger charge is -2.13. The maximum Gasteiger partial charge on any atom is 0.0587 e. The molecule has 120 valence electrons. The van der Waals surface area contributed by atoms with Crippen molar-refractivity contribution in [3.05, 3.63) is 34.9 Å². The number of hydrogen-bond acceptors (Lipinski definition) is 0. The van der Waals surface area contributed by atoms with E-state index in [2.05, 4.69) is 39.0 Å². The highest BCUT2D eigenvalue weighted by molar-refractivity contribution is 6.20. The Morgan fingerprint density at radius 3 is 2.05 bits per heavy atom. The van der Waals surface area contributed by atoms with Crippen molar-refractivity contribution in [2.45, 2.75) is 90.4 Å². The van der Waals surface area contributed by atoms with Crippen molar-refractivity contribution < 1.29 is 0 Å². The van der Waals surface area contributed by atoms with Gasteiger partial charge in [0.1, 0.15) is 0 Å². The molecule has 0 saturated heterocycles. The molecule has 0 saturated carbocycles. The Kier molecular flexibility index (Phi) is 9.83. The first kappa shape index (κ1) is 18.6. The van der Waals surface area contributed by atoms with Crippen molar-refractivity contribution >= 4 is 11.6 Å². The van der Waals surface area contributed by atoms with Gasteiger partial charge in [-0.25, -0.2) is 0 Å². The first-order chi connectivity index (χ1) is 10.1. The Morgan fingerprint density at radius 2 is 1.43 bits per heavy atom. The highest BCUT2D eigenvalue weighted by Gasteiger charge is 2.10. The minimum atomic E-state index is 0.189. The molecule has 0 aliphatic rings. The second-order valence-corrected chi connectivity index (χ2v) is 6.97. The minimum Gasteiger partial charge on any atom is -0.118 e. The molecule has 1 atom stereocenters. The normalized spacial score (nSPS) is 12.6. The molecule has 0 fully saturated rings. The van der Waals surface area contributed by atoms with Crippen LogP contribution in [0.15, 0.2) is 18.2 Å². The van der Waals surface area contributed by atoms with E-state index >= 15 is 0 Å². The molecule has 1 rings (SSSR count). The Hall–Kier alpha value is -0.490. The number of hydrogen-bond donors (Lipinski definition) is 0. The van der Waals surface area contributed by atoms with Gasteiger partial charge in [-0.15, -0.1) is 11.6 Å². The second-order valence-electron chi connectivity index (χ2n) is 6.44. The molecule has 1 heteroatoms. The summed E-state index contributed by atoms with van der Waals surface area (Å²) in [6, 6.07) is 6.61. The zero-order chi connectivity index (χ0) is 15.5. The predicted octanol–water partition coefficient (Wildman–Crippen LogP) is 7.50. The molecule has 0 aliphatic heterocycles. The van der Waals surface area contributed by atoms with Crippen LogP contribution in [0.3, 0.4) is 0 Å². The molecular weight excluding hydrogens is 276 g/mol. The van der Waals surface area contributed by atoms with Gasteiger partial charge in [0, 0.05) is 0 Å². The summed E-state index contributed by atoms with van der Waals surface area (Å²) in [5.41, 5.74) is 3.97. The van der Waals surface area contributed by atoms with Crippen LogP contribution in [-0.2, 0) is 0 Å². The molecule has 0 aliphatic carbocycles. The quantitative estimate of drug-likeness (QED) is 0.293. The highest BCUT2D eigenvalue weighted by Crippen LogP contribution is 2.30. The van der Waals surface area contributed by atoms with E-state index in [1.54, 1.807) is 0 Å². The Balaban J connectivity index is 2.11. The van der Waals surface area contributed by atoms with Crippen LogP contribution >= 0.6 is 11.6 Å². The van der Waals surface area contributed by atoms with E-state index < -0.39 is 0 Å². The van der Waals surface area contributed by atoms with E-state index in [1.807, 2.05) is 0 Å². The molecule has 1 aromatic carbocycles. The summed E-state index contributed by atoms with van der Waals surface area (Å²) in [6.07, 6.45) is 13.5. The van der Waals surface area contributed by atoms with Crippen molar-refractivity contribution in [3.8, 4) is 0 Å². The summed E-state index contributed by atoms with van der Waals surface area (Å²) in [6.45, 7) is 6.59. The van der Waals surface area contributed by atoms with E-state index in [9.17, 15) is 0 Å². The van der Waals surface area contributed by atoms with Crippen LogP contribution in [0.1, 0.15) is 93.2 Å². The third-order valence-corrected chi connectivity index (χ3v) is 4.79. The molecule has 0 aromatic heterocycles. The molecule has 0 heterocycles. The number of rotatable bonds is 11. The van der Waals surface area contributed by atoms with Crippen LogP contribution in [0.25, 0.3) is 0 Å². The van der Waals surface area contributed by atoms with Gasteiger partial charge in [-0.05, 0) is 31.4 Å².